The van der Waals surface area contributed by atoms with Crippen LogP contribution in [0.5, 0.6) is 0 Å². The standard InChI is InChI=1S/C9H11ClN4OS/c1-6-7(10)13-9-11-5-12-14(9)8(6)16-4-2-3-15/h5,15H,2-4H2,1H3. The Morgan fingerprint density at radius 1 is 1.56 bits per heavy atom. The van der Waals surface area contributed by atoms with E-state index in [1.54, 1.807) is 16.3 Å². The summed E-state index contributed by atoms with van der Waals surface area (Å²) in [5.74, 6) is 1.31. The molecule has 0 aromatic carbocycles. The fraction of sp³-hybridized carbons (Fsp3) is 0.444. The molecule has 16 heavy (non-hydrogen) atoms. The smallest absolute Gasteiger partial charge is 0.254 e. The van der Waals surface area contributed by atoms with Crippen molar-refractivity contribution in [1.82, 2.24) is 19.6 Å². The fourth-order valence-corrected chi connectivity index (χ4v) is 2.53. The van der Waals surface area contributed by atoms with E-state index in [4.69, 9.17) is 16.7 Å². The normalized spacial score (nSPS) is 11.2. The number of halogens is 1. The number of aliphatic hydroxyl groups is 1. The van der Waals surface area contributed by atoms with E-state index in [0.29, 0.717) is 10.9 Å². The van der Waals surface area contributed by atoms with Crippen molar-refractivity contribution < 1.29 is 5.11 Å². The van der Waals surface area contributed by atoms with Gasteiger partial charge in [0.1, 0.15) is 16.5 Å². The first kappa shape index (κ1) is 11.6. The second-order valence-electron chi connectivity index (χ2n) is 3.23. The largest absolute Gasteiger partial charge is 0.396 e. The van der Waals surface area contributed by atoms with Gasteiger partial charge in [0.15, 0.2) is 0 Å². The molecule has 0 spiro atoms. The van der Waals surface area contributed by atoms with Crippen molar-refractivity contribution in [2.75, 3.05) is 12.4 Å². The molecule has 5 nitrogen and oxygen atoms in total. The van der Waals surface area contributed by atoms with Gasteiger partial charge in [0.05, 0.1) is 0 Å². The van der Waals surface area contributed by atoms with Gasteiger partial charge in [-0.25, -0.2) is 0 Å². The van der Waals surface area contributed by atoms with Crippen molar-refractivity contribution in [2.24, 2.45) is 0 Å². The summed E-state index contributed by atoms with van der Waals surface area (Å²) in [4.78, 5) is 8.12. The van der Waals surface area contributed by atoms with Crippen LogP contribution in [0.3, 0.4) is 0 Å². The number of thioether (sulfide) groups is 1. The van der Waals surface area contributed by atoms with Crippen LogP contribution < -0.4 is 0 Å². The van der Waals surface area contributed by atoms with Crippen LogP contribution in [0.1, 0.15) is 12.0 Å². The minimum Gasteiger partial charge on any atom is -0.396 e. The van der Waals surface area contributed by atoms with E-state index in [2.05, 4.69) is 15.1 Å². The summed E-state index contributed by atoms with van der Waals surface area (Å²) in [7, 11) is 0. The van der Waals surface area contributed by atoms with Crippen molar-refractivity contribution in [3.63, 3.8) is 0 Å². The molecule has 2 aromatic heterocycles. The Labute approximate surface area is 102 Å². The molecule has 2 rings (SSSR count). The Morgan fingerprint density at radius 3 is 3.12 bits per heavy atom. The molecule has 0 saturated carbocycles. The first-order valence-corrected chi connectivity index (χ1v) is 6.20. The number of nitrogens with zero attached hydrogens (tertiary/aromatic N) is 4. The van der Waals surface area contributed by atoms with E-state index < -0.39 is 0 Å². The average molecular weight is 259 g/mol. The Bertz CT molecular complexity index is 501. The minimum absolute atomic E-state index is 0.186. The highest BCUT2D eigenvalue weighted by molar-refractivity contribution is 7.99. The maximum Gasteiger partial charge on any atom is 0.254 e. The zero-order valence-corrected chi connectivity index (χ0v) is 10.3. The summed E-state index contributed by atoms with van der Waals surface area (Å²) < 4.78 is 1.67. The molecule has 2 heterocycles. The summed E-state index contributed by atoms with van der Waals surface area (Å²) in [6, 6.07) is 0. The molecule has 0 radical (unpaired) electrons. The molecule has 0 unspecified atom stereocenters. The molecule has 0 bridgehead atoms. The van der Waals surface area contributed by atoms with Gasteiger partial charge in [0.25, 0.3) is 5.78 Å². The molecule has 0 aliphatic carbocycles. The number of hydrogen-bond acceptors (Lipinski definition) is 5. The van der Waals surface area contributed by atoms with Gasteiger partial charge in [-0.1, -0.05) is 11.6 Å². The molecule has 0 atom stereocenters. The lowest BCUT2D eigenvalue weighted by Crippen LogP contribution is -2.00. The molecule has 0 aliphatic rings. The van der Waals surface area contributed by atoms with E-state index in [0.717, 1.165) is 22.8 Å². The lowest BCUT2D eigenvalue weighted by atomic mass is 10.4. The molecule has 2 aromatic rings. The summed E-state index contributed by atoms with van der Waals surface area (Å²) in [5, 5.41) is 14.2. The van der Waals surface area contributed by atoms with Crippen molar-refractivity contribution in [3.05, 3.63) is 17.0 Å². The summed E-state index contributed by atoms with van der Waals surface area (Å²) in [6.45, 7) is 2.09. The van der Waals surface area contributed by atoms with Crippen LogP contribution >= 0.6 is 23.4 Å². The number of aliphatic hydroxyl groups excluding tert-OH is 1. The second kappa shape index (κ2) is 4.99. The highest BCUT2D eigenvalue weighted by atomic mass is 35.5. The fourth-order valence-electron chi connectivity index (χ4n) is 1.28. The second-order valence-corrected chi connectivity index (χ2v) is 4.67. The predicted octanol–water partition coefficient (Wildman–Crippen LogP) is 1.56. The van der Waals surface area contributed by atoms with Crippen LogP contribution in [0.25, 0.3) is 5.78 Å². The van der Waals surface area contributed by atoms with E-state index in [-0.39, 0.29) is 6.61 Å². The average Bonchev–Trinajstić information content (AvgIpc) is 2.71. The van der Waals surface area contributed by atoms with Gasteiger partial charge in [-0.15, -0.1) is 11.8 Å². The van der Waals surface area contributed by atoms with Crippen LogP contribution in [-0.2, 0) is 0 Å². The van der Waals surface area contributed by atoms with Crippen molar-refractivity contribution in [3.8, 4) is 0 Å². The molecule has 86 valence electrons. The molecule has 1 N–H and O–H groups in total. The molecule has 7 heteroatoms. The Kier molecular flexibility index (Phi) is 3.63. The third-order valence-corrected chi connectivity index (χ3v) is 3.71. The van der Waals surface area contributed by atoms with Crippen molar-refractivity contribution in [2.45, 2.75) is 18.4 Å². The minimum atomic E-state index is 0.186. The topological polar surface area (TPSA) is 63.3 Å². The summed E-state index contributed by atoms with van der Waals surface area (Å²) in [6.07, 6.45) is 2.19. The number of hydrogen-bond donors (Lipinski definition) is 1. The number of fused-ring (bicyclic) bond motifs is 1. The van der Waals surface area contributed by atoms with Crippen molar-refractivity contribution in [1.29, 1.82) is 0 Å². The van der Waals surface area contributed by atoms with E-state index in [1.807, 2.05) is 6.92 Å². The Hall–Kier alpha value is -0.850. The third-order valence-electron chi connectivity index (χ3n) is 2.09. The molecule has 0 amide bonds. The van der Waals surface area contributed by atoms with Gasteiger partial charge in [0.2, 0.25) is 0 Å². The maximum absolute atomic E-state index is 8.75. The first-order chi connectivity index (χ1) is 7.74. The third kappa shape index (κ3) is 2.14. The molecular formula is C9H11ClN4OS. The molecule has 0 aliphatic heterocycles. The molecule has 0 saturated heterocycles. The van der Waals surface area contributed by atoms with Crippen LogP contribution in [0.4, 0.5) is 0 Å². The lowest BCUT2D eigenvalue weighted by Gasteiger charge is -2.07. The Morgan fingerprint density at radius 2 is 2.38 bits per heavy atom. The van der Waals surface area contributed by atoms with E-state index in [1.165, 1.54) is 6.33 Å². The molecule has 0 fully saturated rings. The molecular weight excluding hydrogens is 248 g/mol. The monoisotopic (exact) mass is 258 g/mol. The van der Waals surface area contributed by atoms with Gasteiger partial charge < -0.3 is 5.11 Å². The van der Waals surface area contributed by atoms with Gasteiger partial charge in [0, 0.05) is 17.9 Å². The quantitative estimate of drug-likeness (QED) is 0.512. The first-order valence-electron chi connectivity index (χ1n) is 4.83. The van der Waals surface area contributed by atoms with Crippen LogP contribution in [0, 0.1) is 6.92 Å². The zero-order chi connectivity index (χ0) is 11.5. The summed E-state index contributed by atoms with van der Waals surface area (Å²) >= 11 is 7.60. The van der Waals surface area contributed by atoms with Crippen molar-refractivity contribution >= 4 is 29.1 Å². The van der Waals surface area contributed by atoms with Gasteiger partial charge in [-0.05, 0) is 13.3 Å². The number of aromatic nitrogens is 4. The maximum atomic E-state index is 8.75. The highest BCUT2D eigenvalue weighted by Crippen LogP contribution is 2.26. The van der Waals surface area contributed by atoms with Gasteiger partial charge >= 0.3 is 0 Å². The van der Waals surface area contributed by atoms with Gasteiger partial charge in [-0.2, -0.15) is 19.6 Å². The zero-order valence-electron chi connectivity index (χ0n) is 8.72. The Balaban J connectivity index is 2.39. The number of rotatable bonds is 4. The van der Waals surface area contributed by atoms with E-state index >= 15 is 0 Å². The predicted molar refractivity (Wildman–Crippen MR) is 63.0 cm³/mol. The lowest BCUT2D eigenvalue weighted by molar-refractivity contribution is 0.296. The van der Waals surface area contributed by atoms with E-state index in [9.17, 15) is 0 Å². The van der Waals surface area contributed by atoms with Crippen LogP contribution in [-0.4, -0.2) is 37.0 Å². The van der Waals surface area contributed by atoms with Gasteiger partial charge in [-0.3, -0.25) is 0 Å². The SMILES string of the molecule is Cc1c(Cl)nc2ncnn2c1SCCCO. The van der Waals surface area contributed by atoms with Crippen LogP contribution in [0.2, 0.25) is 5.15 Å². The van der Waals surface area contributed by atoms with Crippen LogP contribution in [0.15, 0.2) is 11.4 Å². The summed E-state index contributed by atoms with van der Waals surface area (Å²) in [5.41, 5.74) is 0.891. The highest BCUT2D eigenvalue weighted by Gasteiger charge is 2.12.